The number of hydrogen-bond acceptors (Lipinski definition) is 2. The Morgan fingerprint density at radius 2 is 1.76 bits per heavy atom. The van der Waals surface area contributed by atoms with E-state index in [1.165, 1.54) is 24.0 Å². The molecule has 0 spiro atoms. The van der Waals surface area contributed by atoms with E-state index >= 15 is 0 Å². The Bertz CT molecular complexity index is 928. The van der Waals surface area contributed by atoms with Crippen molar-refractivity contribution in [1.82, 2.24) is 4.90 Å². The lowest BCUT2D eigenvalue weighted by Crippen LogP contribution is -2.33. The summed E-state index contributed by atoms with van der Waals surface area (Å²) in [7, 11) is 0. The second kappa shape index (κ2) is 7.87. The van der Waals surface area contributed by atoms with Crippen LogP contribution < -0.4 is 5.32 Å². The minimum absolute atomic E-state index is 0.188. The molecule has 3 unspecified atom stereocenters. The number of nitrogens with zero attached hydrogens (tertiary/aromatic N) is 1. The van der Waals surface area contributed by atoms with Gasteiger partial charge in [0.15, 0.2) is 0 Å². The number of halogens is 1. The summed E-state index contributed by atoms with van der Waals surface area (Å²) in [6.45, 7) is 1.78. The molecule has 1 fully saturated rings. The summed E-state index contributed by atoms with van der Waals surface area (Å²) >= 11 is 6.10. The van der Waals surface area contributed by atoms with Crippen molar-refractivity contribution in [2.75, 3.05) is 18.4 Å². The van der Waals surface area contributed by atoms with Gasteiger partial charge in [0, 0.05) is 35.3 Å². The van der Waals surface area contributed by atoms with E-state index in [0.29, 0.717) is 11.8 Å². The van der Waals surface area contributed by atoms with Gasteiger partial charge < -0.3 is 10.2 Å². The highest BCUT2D eigenvalue weighted by atomic mass is 35.5. The summed E-state index contributed by atoms with van der Waals surface area (Å²) in [4.78, 5) is 15.2. The van der Waals surface area contributed by atoms with Crippen LogP contribution in [0.2, 0.25) is 5.02 Å². The third kappa shape index (κ3) is 3.57. The van der Waals surface area contributed by atoms with Crippen LogP contribution >= 0.6 is 11.6 Å². The van der Waals surface area contributed by atoms with Gasteiger partial charge in [-0.2, -0.15) is 0 Å². The predicted octanol–water partition coefficient (Wildman–Crippen LogP) is 6.18. The fraction of sp³-hybridized carbons (Fsp3) is 0.400. The zero-order chi connectivity index (χ0) is 19.8. The highest BCUT2D eigenvalue weighted by Crippen LogP contribution is 2.50. The first-order valence-corrected chi connectivity index (χ1v) is 11.2. The van der Waals surface area contributed by atoms with E-state index in [0.717, 1.165) is 48.6 Å². The van der Waals surface area contributed by atoms with Crippen LogP contribution in [0.25, 0.3) is 0 Å². The number of carbonyl (C=O) groups is 1. The highest BCUT2D eigenvalue weighted by Gasteiger charge is 2.38. The van der Waals surface area contributed by atoms with E-state index in [1.54, 1.807) is 0 Å². The maximum Gasteiger partial charge on any atom is 0.253 e. The molecule has 3 atom stereocenters. The number of hydrogen-bond donors (Lipinski definition) is 1. The van der Waals surface area contributed by atoms with E-state index in [4.69, 9.17) is 11.6 Å². The number of nitrogens with one attached hydrogen (secondary N) is 1. The standard InChI is InChI=1S/C25H27ClN2O/c26-19-11-8-17(9-12-19)24-21-7-5-6-20(21)22-16-18(10-13-23(22)27-24)25(29)28-14-3-1-2-4-15-28/h5-6,8-13,16,20-21,24,27H,1-4,7,14-15H2. The number of amides is 1. The van der Waals surface area contributed by atoms with Gasteiger partial charge in [0.05, 0.1) is 6.04 Å². The Morgan fingerprint density at radius 3 is 2.52 bits per heavy atom. The lowest BCUT2D eigenvalue weighted by atomic mass is 9.76. The van der Waals surface area contributed by atoms with Gasteiger partial charge in [0.25, 0.3) is 5.91 Å². The fourth-order valence-corrected chi connectivity index (χ4v) is 5.31. The van der Waals surface area contributed by atoms with Crippen molar-refractivity contribution in [3.05, 3.63) is 76.3 Å². The van der Waals surface area contributed by atoms with E-state index in [-0.39, 0.29) is 11.9 Å². The Labute approximate surface area is 177 Å². The Hall–Kier alpha value is -2.26. The molecule has 5 rings (SSSR count). The van der Waals surface area contributed by atoms with Crippen LogP contribution in [0.4, 0.5) is 5.69 Å². The molecule has 2 heterocycles. The maximum atomic E-state index is 13.1. The summed E-state index contributed by atoms with van der Waals surface area (Å²) in [5, 5.41) is 4.52. The average molecular weight is 407 g/mol. The smallest absolute Gasteiger partial charge is 0.253 e. The average Bonchev–Trinajstić information content (AvgIpc) is 3.09. The first-order valence-electron chi connectivity index (χ1n) is 10.8. The lowest BCUT2D eigenvalue weighted by Gasteiger charge is -2.38. The summed E-state index contributed by atoms with van der Waals surface area (Å²) in [5.74, 6) is 1.00. The minimum atomic E-state index is 0.188. The van der Waals surface area contributed by atoms with Gasteiger partial charge >= 0.3 is 0 Å². The molecule has 1 saturated heterocycles. The molecule has 0 saturated carbocycles. The van der Waals surface area contributed by atoms with Crippen LogP contribution in [0.15, 0.2) is 54.6 Å². The van der Waals surface area contributed by atoms with Crippen LogP contribution in [0.5, 0.6) is 0 Å². The van der Waals surface area contributed by atoms with Gasteiger partial charge in [-0.25, -0.2) is 0 Å². The quantitative estimate of drug-likeness (QED) is 0.603. The fourth-order valence-electron chi connectivity index (χ4n) is 5.18. The minimum Gasteiger partial charge on any atom is -0.378 e. The zero-order valence-corrected chi connectivity index (χ0v) is 17.4. The van der Waals surface area contributed by atoms with Gasteiger partial charge in [0.2, 0.25) is 0 Å². The van der Waals surface area contributed by atoms with Gasteiger partial charge in [0.1, 0.15) is 0 Å². The summed E-state index contributed by atoms with van der Waals surface area (Å²) < 4.78 is 0. The maximum absolute atomic E-state index is 13.1. The Kier molecular flexibility index (Phi) is 5.09. The van der Waals surface area contributed by atoms with Crippen LogP contribution in [0, 0.1) is 5.92 Å². The molecule has 150 valence electrons. The van der Waals surface area contributed by atoms with Crippen molar-refractivity contribution in [3.63, 3.8) is 0 Å². The summed E-state index contributed by atoms with van der Waals surface area (Å²) in [6.07, 6.45) is 10.4. The summed E-state index contributed by atoms with van der Waals surface area (Å²) in [6, 6.07) is 14.7. The highest BCUT2D eigenvalue weighted by molar-refractivity contribution is 6.30. The van der Waals surface area contributed by atoms with Crippen molar-refractivity contribution in [1.29, 1.82) is 0 Å². The number of fused-ring (bicyclic) bond motifs is 3. The Balaban J connectivity index is 1.45. The molecule has 29 heavy (non-hydrogen) atoms. The molecule has 0 aromatic heterocycles. The molecule has 0 radical (unpaired) electrons. The van der Waals surface area contributed by atoms with Crippen LogP contribution in [0.3, 0.4) is 0 Å². The number of likely N-dealkylation sites (tertiary alicyclic amines) is 1. The van der Waals surface area contributed by atoms with E-state index in [9.17, 15) is 4.79 Å². The third-order valence-corrected chi connectivity index (χ3v) is 6.98. The molecule has 0 bridgehead atoms. The number of rotatable bonds is 2. The van der Waals surface area contributed by atoms with E-state index in [2.05, 4.69) is 41.7 Å². The topological polar surface area (TPSA) is 32.3 Å². The Morgan fingerprint density at radius 1 is 1.00 bits per heavy atom. The normalized spacial score (nSPS) is 25.7. The SMILES string of the molecule is O=C(c1ccc2c(c1)C1C=CCC1C(c1ccc(Cl)cc1)N2)N1CCCCCC1. The van der Waals surface area contributed by atoms with Gasteiger partial charge in [-0.1, -0.05) is 48.7 Å². The first-order chi connectivity index (χ1) is 14.2. The molecule has 3 aliphatic rings. The van der Waals surface area contributed by atoms with Crippen LogP contribution in [0.1, 0.15) is 65.5 Å². The monoisotopic (exact) mass is 406 g/mol. The molecule has 1 aliphatic carbocycles. The van der Waals surface area contributed by atoms with Crippen LogP contribution in [-0.4, -0.2) is 23.9 Å². The molecule has 2 aliphatic heterocycles. The third-order valence-electron chi connectivity index (χ3n) is 6.73. The molecular weight excluding hydrogens is 380 g/mol. The van der Waals surface area contributed by atoms with Gasteiger partial charge in [-0.05, 0) is 66.6 Å². The molecule has 4 heteroatoms. The number of allylic oxidation sites excluding steroid dienone is 2. The molecule has 1 amide bonds. The van der Waals surface area contributed by atoms with Crippen molar-refractivity contribution < 1.29 is 4.79 Å². The largest absolute Gasteiger partial charge is 0.378 e. The van der Waals surface area contributed by atoms with Crippen molar-refractivity contribution in [2.24, 2.45) is 5.92 Å². The predicted molar refractivity (Wildman–Crippen MR) is 119 cm³/mol. The van der Waals surface area contributed by atoms with Crippen molar-refractivity contribution in [2.45, 2.75) is 44.1 Å². The van der Waals surface area contributed by atoms with E-state index in [1.807, 2.05) is 23.1 Å². The molecule has 3 nitrogen and oxygen atoms in total. The summed E-state index contributed by atoms with van der Waals surface area (Å²) in [5.41, 5.74) is 4.50. The second-order valence-electron chi connectivity index (χ2n) is 8.54. The van der Waals surface area contributed by atoms with Gasteiger partial charge in [-0.15, -0.1) is 0 Å². The molecular formula is C25H27ClN2O. The van der Waals surface area contributed by atoms with Crippen molar-refractivity contribution >= 4 is 23.2 Å². The second-order valence-corrected chi connectivity index (χ2v) is 8.97. The zero-order valence-electron chi connectivity index (χ0n) is 16.6. The number of benzene rings is 2. The molecule has 2 aromatic rings. The van der Waals surface area contributed by atoms with Crippen LogP contribution in [-0.2, 0) is 0 Å². The first kappa shape index (κ1) is 18.7. The number of carbonyl (C=O) groups excluding carboxylic acids is 1. The van der Waals surface area contributed by atoms with E-state index < -0.39 is 0 Å². The lowest BCUT2D eigenvalue weighted by molar-refractivity contribution is 0.0761. The number of anilines is 1. The molecule has 1 N–H and O–H groups in total. The van der Waals surface area contributed by atoms with Crippen molar-refractivity contribution in [3.8, 4) is 0 Å². The van der Waals surface area contributed by atoms with Gasteiger partial charge in [-0.3, -0.25) is 4.79 Å². The molecule has 2 aromatic carbocycles.